The Morgan fingerprint density at radius 2 is 1.53 bits per heavy atom. The molecule has 0 unspecified atom stereocenters. The van der Waals surface area contributed by atoms with Gasteiger partial charge in [-0.05, 0) is 78.9 Å². The molecule has 0 bridgehead atoms. The fourth-order valence-corrected chi connectivity index (χ4v) is 3.53. The molecule has 1 N–H and O–H groups in total. The van der Waals surface area contributed by atoms with Crippen LogP contribution in [0.1, 0.15) is 5.56 Å². The van der Waals surface area contributed by atoms with Gasteiger partial charge in [0.1, 0.15) is 11.3 Å². The Hall–Kier alpha value is -4.00. The lowest BCUT2D eigenvalue weighted by Crippen LogP contribution is -1.82. The van der Waals surface area contributed by atoms with Gasteiger partial charge in [0.2, 0.25) is 5.89 Å². The van der Waals surface area contributed by atoms with Crippen molar-refractivity contribution >= 4 is 57.6 Å². The summed E-state index contributed by atoms with van der Waals surface area (Å²) in [7, 11) is 0. The summed E-state index contributed by atoms with van der Waals surface area (Å²) in [6.45, 7) is 0. The predicted molar refractivity (Wildman–Crippen MR) is 135 cm³/mol. The van der Waals surface area contributed by atoms with E-state index >= 15 is 0 Å². The van der Waals surface area contributed by atoms with Gasteiger partial charge in [-0.2, -0.15) is 10.2 Å². The zero-order chi connectivity index (χ0) is 23.5. The average molecular weight is 487 g/mol. The number of aromatic hydroxyl groups is 1. The monoisotopic (exact) mass is 486 g/mol. The van der Waals surface area contributed by atoms with Crippen LogP contribution in [0.5, 0.6) is 5.75 Å². The molecule has 0 spiro atoms. The first-order chi connectivity index (χ1) is 16.5. The van der Waals surface area contributed by atoms with Gasteiger partial charge in [-0.1, -0.05) is 29.3 Å². The van der Waals surface area contributed by atoms with E-state index in [4.69, 9.17) is 27.6 Å². The van der Waals surface area contributed by atoms with Crippen LogP contribution in [0, 0.1) is 0 Å². The van der Waals surface area contributed by atoms with Crippen LogP contribution in [0.2, 0.25) is 10.0 Å². The van der Waals surface area contributed by atoms with Crippen LogP contribution < -0.4 is 0 Å². The summed E-state index contributed by atoms with van der Waals surface area (Å²) < 4.78 is 5.84. The van der Waals surface area contributed by atoms with Crippen molar-refractivity contribution in [3.63, 3.8) is 0 Å². The molecule has 166 valence electrons. The minimum absolute atomic E-state index is 0.0815. The molecule has 5 aromatic rings. The van der Waals surface area contributed by atoms with Crippen molar-refractivity contribution in [1.29, 1.82) is 0 Å². The van der Waals surface area contributed by atoms with E-state index in [0.29, 0.717) is 49.7 Å². The molecule has 4 aromatic carbocycles. The Morgan fingerprint density at radius 1 is 0.765 bits per heavy atom. The minimum Gasteiger partial charge on any atom is -0.507 e. The van der Waals surface area contributed by atoms with Crippen molar-refractivity contribution in [3.05, 3.63) is 101 Å². The fourth-order valence-electron chi connectivity index (χ4n) is 3.22. The fraction of sp³-hybridized carbons (Fsp3) is 0. The van der Waals surface area contributed by atoms with Crippen LogP contribution in [0.3, 0.4) is 0 Å². The van der Waals surface area contributed by atoms with E-state index in [9.17, 15) is 5.11 Å². The molecule has 0 saturated carbocycles. The van der Waals surface area contributed by atoms with E-state index in [2.05, 4.69) is 20.2 Å². The topological polar surface area (TPSA) is 83.3 Å². The summed E-state index contributed by atoms with van der Waals surface area (Å²) in [5, 5.41) is 19.9. The highest BCUT2D eigenvalue weighted by atomic mass is 35.5. The van der Waals surface area contributed by atoms with Crippen LogP contribution in [-0.4, -0.2) is 16.3 Å². The summed E-state index contributed by atoms with van der Waals surface area (Å²) >= 11 is 11.9. The highest BCUT2D eigenvalue weighted by molar-refractivity contribution is 6.31. The highest BCUT2D eigenvalue weighted by Crippen LogP contribution is 2.29. The third-order valence-electron chi connectivity index (χ3n) is 4.92. The number of oxazole rings is 1. The Balaban J connectivity index is 1.38. The Bertz CT molecular complexity index is 1540. The van der Waals surface area contributed by atoms with Crippen molar-refractivity contribution < 1.29 is 9.52 Å². The quantitative estimate of drug-likeness (QED) is 0.199. The van der Waals surface area contributed by atoms with Gasteiger partial charge in [-0.25, -0.2) is 4.98 Å². The van der Waals surface area contributed by atoms with Gasteiger partial charge in [0, 0.05) is 27.4 Å². The van der Waals surface area contributed by atoms with Crippen molar-refractivity contribution in [2.45, 2.75) is 0 Å². The molecule has 0 atom stereocenters. The molecule has 0 amide bonds. The smallest absolute Gasteiger partial charge is 0.227 e. The van der Waals surface area contributed by atoms with Gasteiger partial charge >= 0.3 is 0 Å². The number of aliphatic imine (C=N–C) groups is 1. The molecule has 5 rings (SSSR count). The molecule has 0 aliphatic rings. The standard InChI is InChI=1S/C26H16Cl2N4O2/c27-18-6-4-16(5-7-18)26-30-23-14-20(9-11-25(23)34-26)29-15-17-12-22(8-10-24(17)33)32-31-21-3-1-2-19(28)13-21/h1-15,33H. The van der Waals surface area contributed by atoms with Crippen molar-refractivity contribution in [1.82, 2.24) is 4.98 Å². The van der Waals surface area contributed by atoms with Crippen molar-refractivity contribution in [2.24, 2.45) is 15.2 Å². The Kier molecular flexibility index (Phi) is 6.08. The molecule has 1 aromatic heterocycles. The number of rotatable bonds is 5. The van der Waals surface area contributed by atoms with E-state index in [1.165, 1.54) is 0 Å². The number of phenolic OH excluding ortho intramolecular Hbond substituents is 1. The minimum atomic E-state index is 0.0815. The number of hydrogen-bond donors (Lipinski definition) is 1. The number of benzene rings is 4. The molecule has 0 aliphatic heterocycles. The van der Waals surface area contributed by atoms with Gasteiger partial charge in [0.25, 0.3) is 0 Å². The van der Waals surface area contributed by atoms with E-state index < -0.39 is 0 Å². The van der Waals surface area contributed by atoms with Crippen LogP contribution in [-0.2, 0) is 0 Å². The maximum atomic E-state index is 10.2. The Labute approximate surface area is 204 Å². The summed E-state index contributed by atoms with van der Waals surface area (Å²) in [5.74, 6) is 0.584. The largest absolute Gasteiger partial charge is 0.507 e. The van der Waals surface area contributed by atoms with Crippen LogP contribution in [0.4, 0.5) is 17.1 Å². The number of azo groups is 1. The van der Waals surface area contributed by atoms with Gasteiger partial charge in [0.05, 0.1) is 17.1 Å². The van der Waals surface area contributed by atoms with Gasteiger partial charge in [-0.15, -0.1) is 0 Å². The van der Waals surface area contributed by atoms with Crippen molar-refractivity contribution in [2.75, 3.05) is 0 Å². The SMILES string of the molecule is Oc1ccc(N=Nc2cccc(Cl)c2)cc1C=Nc1ccc2oc(-c3ccc(Cl)cc3)nc2c1. The third-order valence-corrected chi connectivity index (χ3v) is 5.40. The van der Waals surface area contributed by atoms with E-state index in [1.807, 2.05) is 30.3 Å². The molecule has 0 saturated heterocycles. The first-order valence-corrected chi connectivity index (χ1v) is 11.0. The molecule has 1 heterocycles. The molecule has 0 fully saturated rings. The molecular weight excluding hydrogens is 471 g/mol. The highest BCUT2D eigenvalue weighted by Gasteiger charge is 2.09. The lowest BCUT2D eigenvalue weighted by Gasteiger charge is -2.00. The molecule has 8 heteroatoms. The molecule has 6 nitrogen and oxygen atoms in total. The molecular formula is C26H16Cl2N4O2. The van der Waals surface area contributed by atoms with Crippen LogP contribution in [0.25, 0.3) is 22.6 Å². The maximum Gasteiger partial charge on any atom is 0.227 e. The van der Waals surface area contributed by atoms with Crippen LogP contribution in [0.15, 0.2) is 105 Å². The van der Waals surface area contributed by atoms with E-state index in [1.54, 1.807) is 60.8 Å². The first kappa shape index (κ1) is 21.8. The first-order valence-electron chi connectivity index (χ1n) is 10.2. The van der Waals surface area contributed by atoms with E-state index in [0.717, 1.165) is 5.56 Å². The van der Waals surface area contributed by atoms with E-state index in [-0.39, 0.29) is 5.75 Å². The number of fused-ring (bicyclic) bond motifs is 1. The summed E-state index contributed by atoms with van der Waals surface area (Å²) in [4.78, 5) is 9.03. The molecule has 0 radical (unpaired) electrons. The number of hydrogen-bond acceptors (Lipinski definition) is 6. The number of halogens is 2. The van der Waals surface area contributed by atoms with Crippen molar-refractivity contribution in [3.8, 4) is 17.2 Å². The predicted octanol–water partition coefficient (Wildman–Crippen LogP) is 8.67. The summed E-state index contributed by atoms with van der Waals surface area (Å²) in [6.07, 6.45) is 1.56. The summed E-state index contributed by atoms with van der Waals surface area (Å²) in [6, 6.07) is 24.7. The second-order valence-electron chi connectivity index (χ2n) is 7.36. The number of aromatic nitrogens is 1. The zero-order valence-electron chi connectivity index (χ0n) is 17.6. The van der Waals surface area contributed by atoms with Gasteiger partial charge < -0.3 is 9.52 Å². The lowest BCUT2D eigenvalue weighted by atomic mass is 10.2. The zero-order valence-corrected chi connectivity index (χ0v) is 19.1. The lowest BCUT2D eigenvalue weighted by molar-refractivity contribution is 0.474. The normalized spacial score (nSPS) is 11.7. The Morgan fingerprint density at radius 3 is 2.32 bits per heavy atom. The third kappa shape index (κ3) is 4.98. The second-order valence-corrected chi connectivity index (χ2v) is 8.23. The average Bonchev–Trinajstić information content (AvgIpc) is 3.26. The van der Waals surface area contributed by atoms with Gasteiger partial charge in [0.15, 0.2) is 5.58 Å². The number of nitrogens with zero attached hydrogens (tertiary/aromatic N) is 4. The van der Waals surface area contributed by atoms with Gasteiger partial charge in [-0.3, -0.25) is 4.99 Å². The second kappa shape index (κ2) is 9.47. The molecule has 0 aliphatic carbocycles. The van der Waals surface area contributed by atoms with Crippen LogP contribution >= 0.6 is 23.2 Å². The number of phenols is 1. The maximum absolute atomic E-state index is 10.2. The molecule has 34 heavy (non-hydrogen) atoms. The summed E-state index contributed by atoms with van der Waals surface area (Å²) in [5.41, 5.74) is 4.52.